The predicted molar refractivity (Wildman–Crippen MR) is 94.1 cm³/mol. The summed E-state index contributed by atoms with van der Waals surface area (Å²) in [7, 11) is 0. The quantitative estimate of drug-likeness (QED) is 0.730. The van der Waals surface area contributed by atoms with Crippen LogP contribution in [0, 0.1) is 0 Å². The lowest BCUT2D eigenvalue weighted by atomic mass is 10.2. The molecule has 1 aromatic heterocycles. The first-order chi connectivity index (χ1) is 13.7. The summed E-state index contributed by atoms with van der Waals surface area (Å²) in [5.41, 5.74) is -1.21. The van der Waals surface area contributed by atoms with Crippen LogP contribution in [-0.2, 0) is 12.7 Å². The monoisotopic (exact) mass is 418 g/mol. The molecule has 0 bridgehead atoms. The molecule has 1 aliphatic heterocycles. The van der Waals surface area contributed by atoms with Crippen LogP contribution in [0.15, 0.2) is 30.5 Å². The van der Waals surface area contributed by atoms with E-state index < -0.39 is 36.0 Å². The molecule has 0 spiro atoms. The van der Waals surface area contributed by atoms with Crippen molar-refractivity contribution >= 4 is 11.6 Å². The lowest BCUT2D eigenvalue weighted by Gasteiger charge is -2.22. The van der Waals surface area contributed by atoms with Crippen molar-refractivity contribution in [3.63, 3.8) is 0 Å². The van der Waals surface area contributed by atoms with Crippen LogP contribution in [0.1, 0.15) is 29.4 Å². The van der Waals surface area contributed by atoms with Crippen LogP contribution in [0.3, 0.4) is 0 Å². The zero-order valence-electron chi connectivity index (χ0n) is 15.4. The van der Waals surface area contributed by atoms with Crippen LogP contribution < -0.4 is 15.0 Å². The van der Waals surface area contributed by atoms with Gasteiger partial charge >= 0.3 is 12.8 Å². The summed E-state index contributed by atoms with van der Waals surface area (Å²) < 4.78 is 70.4. The minimum absolute atomic E-state index is 0.00180. The fraction of sp³-hybridized carbons (Fsp3) is 0.444. The van der Waals surface area contributed by atoms with Gasteiger partial charge in [0.05, 0.1) is 17.4 Å². The number of alkyl halides is 5. The molecular formula is C18H19F5N4O2. The molecule has 0 radical (unpaired) electrons. The third-order valence-electron chi connectivity index (χ3n) is 4.60. The van der Waals surface area contributed by atoms with Gasteiger partial charge in [-0.3, -0.25) is 9.48 Å². The fourth-order valence-electron chi connectivity index (χ4n) is 3.36. The average Bonchev–Trinajstić information content (AvgIpc) is 3.28. The van der Waals surface area contributed by atoms with Crippen molar-refractivity contribution < 1.29 is 31.5 Å². The average molecular weight is 418 g/mol. The number of carbonyl (C=O) groups excluding carboxylic acids is 1. The Labute approximate surface area is 163 Å². The number of carbonyl (C=O) groups is 1. The van der Waals surface area contributed by atoms with Gasteiger partial charge in [-0.15, -0.1) is 0 Å². The van der Waals surface area contributed by atoms with Gasteiger partial charge in [-0.25, -0.2) is 0 Å². The highest BCUT2D eigenvalue weighted by Gasteiger charge is 2.40. The number of halogens is 5. The number of aromatic nitrogens is 2. The van der Waals surface area contributed by atoms with Gasteiger partial charge in [0.2, 0.25) is 0 Å². The van der Waals surface area contributed by atoms with Crippen LogP contribution in [0.4, 0.5) is 27.6 Å². The van der Waals surface area contributed by atoms with E-state index in [2.05, 4.69) is 15.2 Å². The van der Waals surface area contributed by atoms with E-state index in [1.807, 2.05) is 0 Å². The molecule has 1 saturated heterocycles. The summed E-state index contributed by atoms with van der Waals surface area (Å²) in [6.07, 6.45) is -3.37. The molecule has 29 heavy (non-hydrogen) atoms. The van der Waals surface area contributed by atoms with Crippen molar-refractivity contribution in [1.82, 2.24) is 15.1 Å². The van der Waals surface area contributed by atoms with E-state index in [0.29, 0.717) is 18.7 Å². The lowest BCUT2D eigenvalue weighted by Crippen LogP contribution is -2.38. The predicted octanol–water partition coefficient (Wildman–Crippen LogP) is 3.53. The molecule has 1 atom stereocenters. The van der Waals surface area contributed by atoms with Crippen molar-refractivity contribution in [2.24, 2.45) is 0 Å². The second kappa shape index (κ2) is 8.26. The topological polar surface area (TPSA) is 59.4 Å². The number of nitrogens with zero attached hydrogens (tertiary/aromatic N) is 3. The van der Waals surface area contributed by atoms with Gasteiger partial charge in [0.15, 0.2) is 5.69 Å². The number of aryl methyl sites for hydroxylation is 1. The zero-order valence-corrected chi connectivity index (χ0v) is 15.4. The smallest absolute Gasteiger partial charge is 0.433 e. The molecular weight excluding hydrogens is 399 g/mol. The molecule has 0 saturated carbocycles. The Balaban J connectivity index is 1.72. The Morgan fingerprint density at radius 2 is 2.07 bits per heavy atom. The summed E-state index contributed by atoms with van der Waals surface area (Å²) in [6, 6.07) is 5.78. The molecule has 1 amide bonds. The Bertz CT molecular complexity index is 868. The van der Waals surface area contributed by atoms with Gasteiger partial charge in [0, 0.05) is 25.7 Å². The van der Waals surface area contributed by atoms with Gasteiger partial charge in [0.25, 0.3) is 5.91 Å². The van der Waals surface area contributed by atoms with Crippen LogP contribution in [0.5, 0.6) is 5.75 Å². The van der Waals surface area contributed by atoms with Crippen molar-refractivity contribution in [1.29, 1.82) is 0 Å². The van der Waals surface area contributed by atoms with Crippen molar-refractivity contribution in [3.05, 3.63) is 41.7 Å². The second-order valence-corrected chi connectivity index (χ2v) is 6.47. The Kier molecular flexibility index (Phi) is 5.94. The second-order valence-electron chi connectivity index (χ2n) is 6.47. The maximum atomic E-state index is 13.3. The van der Waals surface area contributed by atoms with E-state index in [1.165, 1.54) is 13.0 Å². The summed E-state index contributed by atoms with van der Waals surface area (Å²) in [5, 5.41) is 6.22. The largest absolute Gasteiger partial charge is 0.433 e. The number of hydrogen-bond donors (Lipinski definition) is 1. The van der Waals surface area contributed by atoms with E-state index in [4.69, 9.17) is 0 Å². The van der Waals surface area contributed by atoms with Gasteiger partial charge < -0.3 is 15.0 Å². The molecule has 11 heteroatoms. The lowest BCUT2D eigenvalue weighted by molar-refractivity contribution is -0.144. The van der Waals surface area contributed by atoms with E-state index in [0.717, 1.165) is 10.9 Å². The highest BCUT2D eigenvalue weighted by atomic mass is 19.4. The Morgan fingerprint density at radius 3 is 2.72 bits per heavy atom. The van der Waals surface area contributed by atoms with Crippen molar-refractivity contribution in [2.45, 2.75) is 38.7 Å². The minimum atomic E-state index is -4.72. The van der Waals surface area contributed by atoms with Gasteiger partial charge in [-0.2, -0.15) is 27.1 Å². The van der Waals surface area contributed by atoms with E-state index in [9.17, 15) is 26.7 Å². The van der Waals surface area contributed by atoms with Crippen LogP contribution in [0.25, 0.3) is 0 Å². The molecule has 1 aromatic carbocycles. The SMILES string of the molecule is CCn1ncc(C(=O)NC2CCN(c3ccccc3OC(F)F)C2)c1C(F)(F)F. The third kappa shape index (κ3) is 4.60. The Hall–Kier alpha value is -2.85. The molecule has 1 unspecified atom stereocenters. The van der Waals surface area contributed by atoms with Crippen molar-refractivity contribution in [2.75, 3.05) is 18.0 Å². The molecule has 0 aliphatic carbocycles. The Morgan fingerprint density at radius 1 is 1.34 bits per heavy atom. The van der Waals surface area contributed by atoms with Crippen LogP contribution in [-0.4, -0.2) is 41.4 Å². The zero-order chi connectivity index (χ0) is 21.2. The molecule has 1 N–H and O–H groups in total. The fourth-order valence-corrected chi connectivity index (χ4v) is 3.36. The number of hydrogen-bond acceptors (Lipinski definition) is 4. The summed E-state index contributed by atoms with van der Waals surface area (Å²) in [4.78, 5) is 14.2. The van der Waals surface area contributed by atoms with Gasteiger partial charge in [-0.05, 0) is 25.5 Å². The number of amides is 1. The number of rotatable bonds is 6. The van der Waals surface area contributed by atoms with Crippen molar-refractivity contribution in [3.8, 4) is 5.75 Å². The number of anilines is 1. The number of benzene rings is 1. The van der Waals surface area contributed by atoms with E-state index in [-0.39, 0.29) is 18.8 Å². The standard InChI is InChI=1S/C18H19F5N4O2/c1-2-27-15(18(21,22)23)12(9-24-27)16(28)25-11-7-8-26(10-11)13-5-3-4-6-14(13)29-17(19)20/h3-6,9,11,17H,2,7-8,10H2,1H3,(H,25,28). The summed E-state index contributed by atoms with van der Waals surface area (Å²) in [6.45, 7) is -0.837. The summed E-state index contributed by atoms with van der Waals surface area (Å²) >= 11 is 0. The molecule has 3 rings (SSSR count). The molecule has 2 heterocycles. The molecule has 2 aromatic rings. The first kappa shape index (κ1) is 20.9. The normalized spacial score (nSPS) is 17.1. The van der Waals surface area contributed by atoms with Gasteiger partial charge in [0.1, 0.15) is 5.75 Å². The number of nitrogens with one attached hydrogen (secondary N) is 1. The maximum absolute atomic E-state index is 13.3. The molecule has 6 nitrogen and oxygen atoms in total. The number of ether oxygens (including phenoxy) is 1. The molecule has 1 aliphatic rings. The van der Waals surface area contributed by atoms with Gasteiger partial charge in [-0.1, -0.05) is 12.1 Å². The minimum Gasteiger partial charge on any atom is -0.433 e. The van der Waals surface area contributed by atoms with Crippen LogP contribution >= 0.6 is 0 Å². The molecule has 1 fully saturated rings. The van der Waals surface area contributed by atoms with E-state index in [1.54, 1.807) is 23.1 Å². The van der Waals surface area contributed by atoms with E-state index >= 15 is 0 Å². The summed E-state index contributed by atoms with van der Waals surface area (Å²) in [5.74, 6) is -0.876. The number of para-hydroxylation sites is 2. The van der Waals surface area contributed by atoms with Crippen LogP contribution in [0.2, 0.25) is 0 Å². The highest BCUT2D eigenvalue weighted by Crippen LogP contribution is 2.33. The first-order valence-corrected chi connectivity index (χ1v) is 8.93. The maximum Gasteiger partial charge on any atom is 0.433 e. The highest BCUT2D eigenvalue weighted by molar-refractivity contribution is 5.95. The molecule has 158 valence electrons. The third-order valence-corrected chi connectivity index (χ3v) is 4.60. The first-order valence-electron chi connectivity index (χ1n) is 8.93.